The molecule has 1 aromatic rings. The molecular formula is C14H20N2O4. The average molecular weight is 280 g/mol. The van der Waals surface area contributed by atoms with Crippen LogP contribution in [0.1, 0.15) is 41.1 Å². The molecule has 0 radical (unpaired) electrons. The van der Waals surface area contributed by atoms with Gasteiger partial charge in [-0.15, -0.1) is 0 Å². The Labute approximate surface area is 118 Å². The molecule has 0 bridgehead atoms. The van der Waals surface area contributed by atoms with Crippen LogP contribution in [-0.4, -0.2) is 41.7 Å². The lowest BCUT2D eigenvalue weighted by Crippen LogP contribution is -2.27. The lowest BCUT2D eigenvalue weighted by molar-refractivity contribution is 0.0689. The number of ether oxygens (including phenoxy) is 1. The molecule has 0 saturated carbocycles. The van der Waals surface area contributed by atoms with E-state index in [2.05, 4.69) is 24.1 Å². The van der Waals surface area contributed by atoms with E-state index in [1.807, 2.05) is 0 Å². The molecule has 0 aliphatic carbocycles. The van der Waals surface area contributed by atoms with Gasteiger partial charge in [-0.2, -0.15) is 0 Å². The van der Waals surface area contributed by atoms with Crippen molar-refractivity contribution in [2.45, 2.75) is 20.3 Å². The van der Waals surface area contributed by atoms with Crippen LogP contribution in [0.25, 0.3) is 0 Å². The number of pyridine rings is 1. The largest absolute Gasteiger partial charge is 0.477 e. The highest BCUT2D eigenvalue weighted by Crippen LogP contribution is 2.01. The number of nitrogens with zero attached hydrogens (tertiary/aromatic N) is 1. The van der Waals surface area contributed by atoms with E-state index in [1.165, 1.54) is 18.3 Å². The predicted octanol–water partition coefficient (Wildman–Crippen LogP) is 1.57. The standard InChI is InChI=1S/C14H20N2O4/c1-10(2)5-7-20-8-6-15-13(17)11-3-4-12(14(18)19)16-9-11/h3-4,9-10H,5-8H2,1-2H3,(H,15,17)(H,18,19). The number of hydrogen-bond donors (Lipinski definition) is 2. The number of aromatic carboxylic acids is 1. The maximum Gasteiger partial charge on any atom is 0.354 e. The van der Waals surface area contributed by atoms with Crippen molar-refractivity contribution in [2.75, 3.05) is 19.8 Å². The van der Waals surface area contributed by atoms with E-state index in [0.717, 1.165) is 6.42 Å². The zero-order chi connectivity index (χ0) is 15.0. The maximum atomic E-state index is 11.7. The number of rotatable bonds is 8. The van der Waals surface area contributed by atoms with Crippen LogP contribution in [0.15, 0.2) is 18.3 Å². The summed E-state index contributed by atoms with van der Waals surface area (Å²) in [4.78, 5) is 26.0. The van der Waals surface area contributed by atoms with E-state index in [9.17, 15) is 9.59 Å². The van der Waals surface area contributed by atoms with Crippen molar-refractivity contribution in [2.24, 2.45) is 5.92 Å². The molecule has 0 fully saturated rings. The topological polar surface area (TPSA) is 88.5 Å². The Bertz CT molecular complexity index is 443. The minimum absolute atomic E-state index is 0.0847. The minimum Gasteiger partial charge on any atom is -0.477 e. The van der Waals surface area contributed by atoms with Crippen LogP contribution in [-0.2, 0) is 4.74 Å². The second kappa shape index (κ2) is 8.27. The van der Waals surface area contributed by atoms with E-state index in [0.29, 0.717) is 31.2 Å². The van der Waals surface area contributed by atoms with Crippen LogP contribution in [0.2, 0.25) is 0 Å². The molecule has 1 aromatic heterocycles. The fourth-order valence-electron chi connectivity index (χ4n) is 1.41. The van der Waals surface area contributed by atoms with Crippen LogP contribution in [0.3, 0.4) is 0 Å². The number of carboxylic acids is 1. The van der Waals surface area contributed by atoms with Crippen molar-refractivity contribution in [1.82, 2.24) is 10.3 Å². The normalized spacial score (nSPS) is 10.6. The smallest absolute Gasteiger partial charge is 0.354 e. The van der Waals surface area contributed by atoms with E-state index in [4.69, 9.17) is 9.84 Å². The van der Waals surface area contributed by atoms with Gasteiger partial charge in [-0.25, -0.2) is 9.78 Å². The van der Waals surface area contributed by atoms with Crippen LogP contribution < -0.4 is 5.32 Å². The zero-order valence-corrected chi connectivity index (χ0v) is 11.8. The number of carbonyl (C=O) groups excluding carboxylic acids is 1. The molecule has 110 valence electrons. The van der Waals surface area contributed by atoms with Crippen molar-refractivity contribution in [3.8, 4) is 0 Å². The number of carbonyl (C=O) groups is 2. The molecule has 0 atom stereocenters. The number of nitrogens with one attached hydrogen (secondary N) is 1. The summed E-state index contributed by atoms with van der Waals surface area (Å²) in [6.07, 6.45) is 2.24. The van der Waals surface area contributed by atoms with Gasteiger partial charge in [0.1, 0.15) is 5.69 Å². The molecule has 0 saturated heterocycles. The number of amides is 1. The third kappa shape index (κ3) is 5.79. The van der Waals surface area contributed by atoms with Crippen molar-refractivity contribution < 1.29 is 19.4 Å². The minimum atomic E-state index is -1.12. The summed E-state index contributed by atoms with van der Waals surface area (Å²) in [7, 11) is 0. The molecular weight excluding hydrogens is 260 g/mol. The first-order chi connectivity index (χ1) is 9.50. The van der Waals surface area contributed by atoms with Crippen LogP contribution >= 0.6 is 0 Å². The maximum absolute atomic E-state index is 11.7. The summed E-state index contributed by atoms with van der Waals surface area (Å²) < 4.78 is 5.37. The average Bonchev–Trinajstić information content (AvgIpc) is 2.42. The van der Waals surface area contributed by atoms with Crippen molar-refractivity contribution in [1.29, 1.82) is 0 Å². The molecule has 1 amide bonds. The van der Waals surface area contributed by atoms with Gasteiger partial charge in [0.2, 0.25) is 0 Å². The third-order valence-corrected chi connectivity index (χ3v) is 2.62. The Balaban J connectivity index is 2.27. The van der Waals surface area contributed by atoms with Gasteiger partial charge in [-0.3, -0.25) is 4.79 Å². The Kier molecular flexibility index (Phi) is 6.66. The monoisotopic (exact) mass is 280 g/mol. The van der Waals surface area contributed by atoms with E-state index < -0.39 is 5.97 Å². The fourth-order valence-corrected chi connectivity index (χ4v) is 1.41. The Morgan fingerprint density at radius 2 is 2.10 bits per heavy atom. The summed E-state index contributed by atoms with van der Waals surface area (Å²) in [5.74, 6) is -0.805. The van der Waals surface area contributed by atoms with Gasteiger partial charge in [-0.05, 0) is 24.5 Å². The van der Waals surface area contributed by atoms with E-state index in [-0.39, 0.29) is 11.6 Å². The van der Waals surface area contributed by atoms with Crippen LogP contribution in [0.5, 0.6) is 0 Å². The third-order valence-electron chi connectivity index (χ3n) is 2.62. The van der Waals surface area contributed by atoms with Gasteiger partial charge in [0.25, 0.3) is 5.91 Å². The second-order valence-corrected chi connectivity index (χ2v) is 4.79. The lowest BCUT2D eigenvalue weighted by atomic mass is 10.1. The van der Waals surface area contributed by atoms with Crippen LogP contribution in [0, 0.1) is 5.92 Å². The molecule has 0 aliphatic heterocycles. The summed E-state index contributed by atoms with van der Waals surface area (Å²) in [5, 5.41) is 11.4. The Morgan fingerprint density at radius 1 is 1.35 bits per heavy atom. The van der Waals surface area contributed by atoms with Gasteiger partial charge in [-0.1, -0.05) is 13.8 Å². The quantitative estimate of drug-likeness (QED) is 0.706. The van der Waals surface area contributed by atoms with Gasteiger partial charge in [0.15, 0.2) is 0 Å². The highest BCUT2D eigenvalue weighted by atomic mass is 16.5. The SMILES string of the molecule is CC(C)CCOCCNC(=O)c1ccc(C(=O)O)nc1. The summed E-state index contributed by atoms with van der Waals surface area (Å²) in [6.45, 7) is 5.80. The van der Waals surface area contributed by atoms with Gasteiger partial charge < -0.3 is 15.2 Å². The first-order valence-corrected chi connectivity index (χ1v) is 6.56. The summed E-state index contributed by atoms with van der Waals surface area (Å²) in [6, 6.07) is 2.74. The summed E-state index contributed by atoms with van der Waals surface area (Å²) in [5.41, 5.74) is 0.246. The summed E-state index contributed by atoms with van der Waals surface area (Å²) >= 11 is 0. The van der Waals surface area contributed by atoms with Crippen molar-refractivity contribution in [3.63, 3.8) is 0 Å². The van der Waals surface area contributed by atoms with Gasteiger partial charge in [0.05, 0.1) is 12.2 Å². The van der Waals surface area contributed by atoms with Crippen LogP contribution in [0.4, 0.5) is 0 Å². The molecule has 0 aliphatic rings. The molecule has 20 heavy (non-hydrogen) atoms. The van der Waals surface area contributed by atoms with Gasteiger partial charge in [0, 0.05) is 19.3 Å². The molecule has 1 rings (SSSR count). The number of carboxylic acid groups (broad SMARTS) is 1. The Hall–Kier alpha value is -1.95. The molecule has 0 aromatic carbocycles. The van der Waals surface area contributed by atoms with Crippen molar-refractivity contribution in [3.05, 3.63) is 29.6 Å². The lowest BCUT2D eigenvalue weighted by Gasteiger charge is -2.07. The second-order valence-electron chi connectivity index (χ2n) is 4.79. The fraction of sp³-hybridized carbons (Fsp3) is 0.500. The zero-order valence-electron chi connectivity index (χ0n) is 11.8. The Morgan fingerprint density at radius 3 is 2.65 bits per heavy atom. The van der Waals surface area contributed by atoms with Gasteiger partial charge >= 0.3 is 5.97 Å². The first kappa shape index (κ1) is 16.1. The predicted molar refractivity (Wildman–Crippen MR) is 73.8 cm³/mol. The number of hydrogen-bond acceptors (Lipinski definition) is 4. The molecule has 6 heteroatoms. The molecule has 6 nitrogen and oxygen atoms in total. The highest BCUT2D eigenvalue weighted by Gasteiger charge is 2.08. The van der Waals surface area contributed by atoms with Crippen molar-refractivity contribution >= 4 is 11.9 Å². The molecule has 2 N–H and O–H groups in total. The van der Waals surface area contributed by atoms with E-state index in [1.54, 1.807) is 0 Å². The molecule has 1 heterocycles. The van der Waals surface area contributed by atoms with E-state index >= 15 is 0 Å². The number of aromatic nitrogens is 1. The first-order valence-electron chi connectivity index (χ1n) is 6.56. The highest BCUT2D eigenvalue weighted by molar-refractivity contribution is 5.94. The molecule has 0 spiro atoms. The molecule has 0 unspecified atom stereocenters.